The van der Waals surface area contributed by atoms with Gasteiger partial charge in [0.15, 0.2) is 0 Å². The number of hydrogen-bond acceptors (Lipinski definition) is 4. The lowest BCUT2D eigenvalue weighted by atomic mass is 9.65. The van der Waals surface area contributed by atoms with Gasteiger partial charge in [-0.1, -0.05) is 12.2 Å². The lowest BCUT2D eigenvalue weighted by Crippen LogP contribution is -2.42. The van der Waals surface area contributed by atoms with Crippen molar-refractivity contribution in [1.82, 2.24) is 14.8 Å². The van der Waals surface area contributed by atoms with Gasteiger partial charge in [-0.3, -0.25) is 9.69 Å². The van der Waals surface area contributed by atoms with Crippen LogP contribution in [0.15, 0.2) is 23.7 Å². The molecule has 1 aromatic rings. The summed E-state index contributed by atoms with van der Waals surface area (Å²) in [6.45, 7) is 5.09. The number of rotatable bonds is 4. The summed E-state index contributed by atoms with van der Waals surface area (Å²) in [4.78, 5) is 21.3. The Bertz CT molecular complexity index is 586. The zero-order valence-electron chi connectivity index (χ0n) is 15.0. The van der Waals surface area contributed by atoms with E-state index < -0.39 is 0 Å². The summed E-state index contributed by atoms with van der Waals surface area (Å²) >= 11 is 1.77. The zero-order valence-corrected chi connectivity index (χ0v) is 15.8. The van der Waals surface area contributed by atoms with Crippen LogP contribution in [0.1, 0.15) is 50.0 Å². The number of amides is 1. The molecule has 25 heavy (non-hydrogen) atoms. The van der Waals surface area contributed by atoms with Crippen LogP contribution in [0.2, 0.25) is 0 Å². The Morgan fingerprint density at radius 3 is 2.52 bits per heavy atom. The molecule has 3 heterocycles. The number of carbonyl (C=O) groups excluding carboxylic acids is 1. The molecular weight excluding hydrogens is 330 g/mol. The van der Waals surface area contributed by atoms with Crippen LogP contribution in [0.3, 0.4) is 0 Å². The van der Waals surface area contributed by atoms with Crippen LogP contribution in [-0.4, -0.2) is 46.9 Å². The van der Waals surface area contributed by atoms with Crippen LogP contribution in [0, 0.1) is 11.3 Å². The molecule has 2 fully saturated rings. The Labute approximate surface area is 154 Å². The van der Waals surface area contributed by atoms with Gasteiger partial charge in [0, 0.05) is 31.1 Å². The number of carbonyl (C=O) groups is 1. The molecule has 3 aliphatic rings. The first-order valence-electron chi connectivity index (χ1n) is 9.76. The van der Waals surface area contributed by atoms with Crippen LogP contribution in [-0.2, 0) is 11.3 Å². The lowest BCUT2D eigenvalue weighted by molar-refractivity contribution is -0.131. The highest BCUT2D eigenvalue weighted by atomic mass is 32.1. The predicted octanol–water partition coefficient (Wildman–Crippen LogP) is 3.70. The van der Waals surface area contributed by atoms with Gasteiger partial charge in [0.1, 0.15) is 5.01 Å². The second-order valence-corrected chi connectivity index (χ2v) is 9.10. The van der Waals surface area contributed by atoms with E-state index in [4.69, 9.17) is 0 Å². The van der Waals surface area contributed by atoms with Crippen LogP contribution >= 0.6 is 11.3 Å². The molecule has 1 aliphatic carbocycles. The minimum Gasteiger partial charge on any atom is -0.335 e. The highest BCUT2D eigenvalue weighted by Crippen LogP contribution is 2.47. The van der Waals surface area contributed by atoms with Crippen LogP contribution in [0.5, 0.6) is 0 Å². The molecular formula is C20H29N3OS. The van der Waals surface area contributed by atoms with Crippen molar-refractivity contribution in [2.75, 3.05) is 26.2 Å². The van der Waals surface area contributed by atoms with Crippen molar-refractivity contribution in [3.8, 4) is 0 Å². The molecule has 2 aliphatic heterocycles. The zero-order chi connectivity index (χ0) is 17.1. The Kier molecular flexibility index (Phi) is 5.23. The quantitative estimate of drug-likeness (QED) is 0.769. The Morgan fingerprint density at radius 1 is 1.16 bits per heavy atom. The third-order valence-electron chi connectivity index (χ3n) is 6.56. The summed E-state index contributed by atoms with van der Waals surface area (Å²) in [5.74, 6) is 0.983. The second kappa shape index (κ2) is 7.58. The van der Waals surface area contributed by atoms with Gasteiger partial charge in [0.2, 0.25) is 5.91 Å². The van der Waals surface area contributed by atoms with E-state index >= 15 is 0 Å². The van der Waals surface area contributed by atoms with Gasteiger partial charge in [0.25, 0.3) is 0 Å². The van der Waals surface area contributed by atoms with Gasteiger partial charge in [-0.2, -0.15) is 0 Å². The number of aromatic nitrogens is 1. The first-order chi connectivity index (χ1) is 12.2. The maximum atomic E-state index is 12.3. The molecule has 0 N–H and O–H groups in total. The molecule has 4 nitrogen and oxygen atoms in total. The summed E-state index contributed by atoms with van der Waals surface area (Å²) in [5.41, 5.74) is 0.564. The van der Waals surface area contributed by atoms with Crippen molar-refractivity contribution in [1.29, 1.82) is 0 Å². The molecule has 136 valence electrons. The van der Waals surface area contributed by atoms with E-state index in [9.17, 15) is 4.79 Å². The maximum Gasteiger partial charge on any atom is 0.223 e. The van der Waals surface area contributed by atoms with E-state index in [1.807, 2.05) is 11.1 Å². The van der Waals surface area contributed by atoms with Crippen LogP contribution in [0.4, 0.5) is 0 Å². The van der Waals surface area contributed by atoms with Gasteiger partial charge < -0.3 is 4.90 Å². The van der Waals surface area contributed by atoms with Gasteiger partial charge in [0.05, 0.1) is 6.54 Å². The summed E-state index contributed by atoms with van der Waals surface area (Å²) in [6, 6.07) is 0. The molecule has 1 spiro atoms. The molecule has 1 aromatic heterocycles. The summed E-state index contributed by atoms with van der Waals surface area (Å²) in [6.07, 6.45) is 14.7. The molecule has 0 atom stereocenters. The van der Waals surface area contributed by atoms with E-state index in [-0.39, 0.29) is 0 Å². The molecule has 0 unspecified atom stereocenters. The van der Waals surface area contributed by atoms with Gasteiger partial charge in [-0.15, -0.1) is 11.3 Å². The minimum absolute atomic E-state index is 0.365. The third kappa shape index (κ3) is 4.14. The first kappa shape index (κ1) is 17.2. The highest BCUT2D eigenvalue weighted by Gasteiger charge is 2.38. The number of likely N-dealkylation sites (tertiary alicyclic amines) is 1. The Hall–Kier alpha value is -1.20. The normalized spacial score (nSPS) is 24.2. The van der Waals surface area contributed by atoms with Gasteiger partial charge >= 0.3 is 0 Å². The fourth-order valence-corrected chi connectivity index (χ4v) is 5.42. The maximum absolute atomic E-state index is 12.3. The van der Waals surface area contributed by atoms with E-state index in [1.54, 1.807) is 11.3 Å². The van der Waals surface area contributed by atoms with Crippen LogP contribution < -0.4 is 0 Å². The molecule has 0 bridgehead atoms. The van der Waals surface area contributed by atoms with Crippen molar-refractivity contribution < 1.29 is 4.79 Å². The molecule has 0 radical (unpaired) electrons. The summed E-state index contributed by atoms with van der Waals surface area (Å²) < 4.78 is 0. The SMILES string of the molecule is O=C(CC1CCC2(CC1)CCN(Cc1nccs1)CC2)N1CC=CC1. The molecule has 5 heteroatoms. The van der Waals surface area contributed by atoms with Gasteiger partial charge in [-0.05, 0) is 62.9 Å². The van der Waals surface area contributed by atoms with E-state index in [0.29, 0.717) is 17.2 Å². The van der Waals surface area contributed by atoms with Crippen molar-refractivity contribution in [2.45, 2.75) is 51.5 Å². The monoisotopic (exact) mass is 359 g/mol. The standard InChI is InChI=1S/C20H29N3OS/c24-19(23-10-1-2-11-23)15-17-3-5-20(6-4-17)7-12-22(13-8-20)16-18-21-9-14-25-18/h1-2,9,14,17H,3-8,10-13,15-16H2. The van der Waals surface area contributed by atoms with E-state index in [2.05, 4.69) is 27.4 Å². The molecule has 0 aromatic carbocycles. The fourth-order valence-electron chi connectivity index (χ4n) is 4.76. The average Bonchev–Trinajstić information content (AvgIpc) is 3.33. The largest absolute Gasteiger partial charge is 0.335 e. The average molecular weight is 360 g/mol. The van der Waals surface area contributed by atoms with Crippen molar-refractivity contribution in [2.24, 2.45) is 11.3 Å². The first-order valence-corrected chi connectivity index (χ1v) is 10.6. The second-order valence-electron chi connectivity index (χ2n) is 8.12. The topological polar surface area (TPSA) is 36.4 Å². The Balaban J connectivity index is 1.21. The number of thiazole rings is 1. The lowest BCUT2D eigenvalue weighted by Gasteiger charge is -2.46. The van der Waals surface area contributed by atoms with Crippen molar-refractivity contribution in [3.63, 3.8) is 0 Å². The molecule has 1 saturated heterocycles. The van der Waals surface area contributed by atoms with Crippen molar-refractivity contribution >= 4 is 17.2 Å². The summed E-state index contributed by atoms with van der Waals surface area (Å²) in [5, 5.41) is 3.32. The minimum atomic E-state index is 0.365. The molecule has 1 saturated carbocycles. The van der Waals surface area contributed by atoms with Crippen LogP contribution in [0.25, 0.3) is 0 Å². The van der Waals surface area contributed by atoms with Crippen molar-refractivity contribution in [3.05, 3.63) is 28.7 Å². The smallest absolute Gasteiger partial charge is 0.223 e. The summed E-state index contributed by atoms with van der Waals surface area (Å²) in [7, 11) is 0. The number of hydrogen-bond donors (Lipinski definition) is 0. The highest BCUT2D eigenvalue weighted by molar-refractivity contribution is 7.09. The molecule has 1 amide bonds. The Morgan fingerprint density at radius 2 is 1.88 bits per heavy atom. The van der Waals surface area contributed by atoms with E-state index in [1.165, 1.54) is 56.6 Å². The fraction of sp³-hybridized carbons (Fsp3) is 0.700. The molecule has 4 rings (SSSR count). The van der Waals surface area contributed by atoms with E-state index in [0.717, 1.165) is 26.1 Å². The van der Waals surface area contributed by atoms with Gasteiger partial charge in [-0.25, -0.2) is 4.98 Å². The third-order valence-corrected chi connectivity index (χ3v) is 7.32. The number of piperidine rings is 1. The predicted molar refractivity (Wildman–Crippen MR) is 101 cm³/mol. The number of nitrogens with zero attached hydrogens (tertiary/aromatic N) is 3.